The van der Waals surface area contributed by atoms with E-state index in [1.807, 2.05) is 0 Å². The predicted octanol–water partition coefficient (Wildman–Crippen LogP) is 3.50. The fraction of sp³-hybridized carbons (Fsp3) is 0.560. The minimum atomic E-state index is -0.219. The predicted molar refractivity (Wildman–Crippen MR) is 119 cm³/mol. The number of aryl methyl sites for hydroxylation is 2. The van der Waals surface area contributed by atoms with Gasteiger partial charge in [-0.15, -0.1) is 0 Å². The fourth-order valence-electron chi connectivity index (χ4n) is 4.78. The largest absolute Gasteiger partial charge is 0.392 e. The number of nitrogens with one attached hydrogen (secondary N) is 1. The summed E-state index contributed by atoms with van der Waals surface area (Å²) in [7, 11) is 3.59. The van der Waals surface area contributed by atoms with E-state index in [9.17, 15) is 9.90 Å². The Kier molecular flexibility index (Phi) is 7.68. The van der Waals surface area contributed by atoms with Crippen LogP contribution in [0.4, 0.5) is 0 Å². The molecule has 2 N–H and O–H groups in total. The van der Waals surface area contributed by atoms with Crippen molar-refractivity contribution in [3.05, 3.63) is 59.2 Å². The van der Waals surface area contributed by atoms with Gasteiger partial charge in [0.15, 0.2) is 0 Å². The number of aliphatic hydroxyl groups excluding tert-OH is 1. The third-order valence-electron chi connectivity index (χ3n) is 6.36. The quantitative estimate of drug-likeness (QED) is 0.496. The molecule has 4 atom stereocenters. The Labute approximate surface area is 175 Å². The Morgan fingerprint density at radius 3 is 2.93 bits per heavy atom. The number of benzene rings is 1. The minimum Gasteiger partial charge on any atom is -0.392 e. The first kappa shape index (κ1) is 21.8. The molecule has 1 amide bonds. The number of nitrogens with zero attached hydrogens (tertiary/aromatic N) is 1. The topological polar surface area (TPSA) is 52.6 Å². The van der Waals surface area contributed by atoms with Gasteiger partial charge in [-0.05, 0) is 50.0 Å². The average molecular weight is 397 g/mol. The Balaban J connectivity index is 1.43. The Morgan fingerprint density at radius 1 is 1.34 bits per heavy atom. The van der Waals surface area contributed by atoms with Crippen molar-refractivity contribution in [2.75, 3.05) is 27.2 Å². The summed E-state index contributed by atoms with van der Waals surface area (Å²) in [5.41, 5.74) is 4.12. The van der Waals surface area contributed by atoms with Crippen molar-refractivity contribution in [3.8, 4) is 0 Å². The summed E-state index contributed by atoms with van der Waals surface area (Å²) in [6, 6.07) is 8.69. The summed E-state index contributed by atoms with van der Waals surface area (Å²) < 4.78 is 0. The standard InChI is InChI=1S/C25H36N2O2/c1-18-7-6-9-19(13-18)8-4-5-10-22-23-15-20(14-21(23)16-24(22)28)17-26-12-11-25(29)27(2)3/h5-7,9-10,13-14,21-24,26,28H,4,8,11-12,15-17H2,1-3H3/b10-5+/t21-,22+,23-,24+/m0/s1. The average Bonchev–Trinajstić information content (AvgIpc) is 3.19. The van der Waals surface area contributed by atoms with E-state index in [1.165, 1.54) is 16.7 Å². The van der Waals surface area contributed by atoms with Crippen molar-refractivity contribution in [3.63, 3.8) is 0 Å². The molecule has 2 aliphatic rings. The van der Waals surface area contributed by atoms with Crippen molar-refractivity contribution < 1.29 is 9.90 Å². The summed E-state index contributed by atoms with van der Waals surface area (Å²) in [5, 5.41) is 13.9. The molecule has 0 heterocycles. The molecule has 0 unspecified atom stereocenters. The molecule has 1 saturated carbocycles. The van der Waals surface area contributed by atoms with Gasteiger partial charge in [0.05, 0.1) is 6.10 Å². The van der Waals surface area contributed by atoms with E-state index in [1.54, 1.807) is 19.0 Å². The van der Waals surface area contributed by atoms with Crippen LogP contribution in [0, 0.1) is 24.7 Å². The van der Waals surface area contributed by atoms with Crippen molar-refractivity contribution in [1.29, 1.82) is 0 Å². The van der Waals surface area contributed by atoms with Crippen LogP contribution in [0.3, 0.4) is 0 Å². The van der Waals surface area contributed by atoms with Gasteiger partial charge >= 0.3 is 0 Å². The van der Waals surface area contributed by atoms with Gasteiger partial charge < -0.3 is 15.3 Å². The molecule has 158 valence electrons. The molecule has 0 aliphatic heterocycles. The normalized spacial score (nSPS) is 26.0. The number of rotatable bonds is 9. The van der Waals surface area contributed by atoms with Crippen molar-refractivity contribution in [2.45, 2.75) is 45.1 Å². The third-order valence-corrected chi connectivity index (χ3v) is 6.36. The first-order valence-corrected chi connectivity index (χ1v) is 10.9. The second kappa shape index (κ2) is 10.2. The number of hydrogen-bond donors (Lipinski definition) is 2. The molecule has 0 bridgehead atoms. The Bertz CT molecular complexity index is 753. The number of allylic oxidation sites excluding steroid dienone is 2. The smallest absolute Gasteiger partial charge is 0.223 e. The summed E-state index contributed by atoms with van der Waals surface area (Å²) in [6.45, 7) is 3.70. The number of carbonyl (C=O) groups excluding carboxylic acids is 1. The monoisotopic (exact) mass is 396 g/mol. The number of fused-ring (bicyclic) bond motifs is 1. The Morgan fingerprint density at radius 2 is 2.17 bits per heavy atom. The highest BCUT2D eigenvalue weighted by atomic mass is 16.3. The highest BCUT2D eigenvalue weighted by Gasteiger charge is 2.43. The number of hydrogen-bond acceptors (Lipinski definition) is 3. The van der Waals surface area contributed by atoms with E-state index in [4.69, 9.17) is 0 Å². The molecule has 2 aliphatic carbocycles. The molecular weight excluding hydrogens is 360 g/mol. The van der Waals surface area contributed by atoms with Crippen molar-refractivity contribution in [2.24, 2.45) is 17.8 Å². The van der Waals surface area contributed by atoms with Gasteiger partial charge in [0.1, 0.15) is 0 Å². The van der Waals surface area contributed by atoms with Crippen molar-refractivity contribution in [1.82, 2.24) is 10.2 Å². The van der Waals surface area contributed by atoms with E-state index in [0.29, 0.717) is 24.8 Å². The molecule has 4 nitrogen and oxygen atoms in total. The zero-order chi connectivity index (χ0) is 20.8. The van der Waals surface area contributed by atoms with E-state index >= 15 is 0 Å². The van der Waals surface area contributed by atoms with Crippen LogP contribution in [-0.4, -0.2) is 49.2 Å². The molecule has 1 fully saturated rings. The van der Waals surface area contributed by atoms with Gasteiger partial charge in [-0.2, -0.15) is 0 Å². The van der Waals surface area contributed by atoms with Crippen LogP contribution >= 0.6 is 0 Å². The maximum atomic E-state index is 11.6. The van der Waals surface area contributed by atoms with Crippen LogP contribution in [0.15, 0.2) is 48.1 Å². The van der Waals surface area contributed by atoms with Crippen LogP contribution in [0.2, 0.25) is 0 Å². The molecule has 0 saturated heterocycles. The lowest BCUT2D eigenvalue weighted by atomic mass is 9.89. The highest BCUT2D eigenvalue weighted by molar-refractivity contribution is 5.75. The van der Waals surface area contributed by atoms with Crippen LogP contribution in [0.25, 0.3) is 0 Å². The molecule has 1 aromatic carbocycles. The van der Waals surface area contributed by atoms with Gasteiger partial charge in [0, 0.05) is 39.5 Å². The fourth-order valence-corrected chi connectivity index (χ4v) is 4.78. The first-order chi connectivity index (χ1) is 13.9. The van der Waals surface area contributed by atoms with Gasteiger partial charge in [-0.1, -0.05) is 53.6 Å². The van der Waals surface area contributed by atoms with Crippen LogP contribution in [0.5, 0.6) is 0 Å². The molecule has 0 spiro atoms. The summed E-state index contributed by atoms with van der Waals surface area (Å²) in [4.78, 5) is 13.3. The summed E-state index contributed by atoms with van der Waals surface area (Å²) in [5.74, 6) is 1.45. The van der Waals surface area contributed by atoms with E-state index in [-0.39, 0.29) is 17.9 Å². The summed E-state index contributed by atoms with van der Waals surface area (Å²) >= 11 is 0. The Hall–Kier alpha value is -1.91. The number of carbonyl (C=O) groups is 1. The van der Waals surface area contributed by atoms with E-state index in [0.717, 1.165) is 32.2 Å². The molecule has 3 rings (SSSR count). The molecular formula is C25H36N2O2. The first-order valence-electron chi connectivity index (χ1n) is 10.9. The van der Waals surface area contributed by atoms with Gasteiger partial charge in [0.25, 0.3) is 0 Å². The lowest BCUT2D eigenvalue weighted by Crippen LogP contribution is -2.27. The van der Waals surface area contributed by atoms with Crippen LogP contribution in [0.1, 0.15) is 36.8 Å². The highest BCUT2D eigenvalue weighted by Crippen LogP contribution is 2.47. The van der Waals surface area contributed by atoms with Crippen molar-refractivity contribution >= 4 is 5.91 Å². The molecule has 1 aromatic rings. The second-order valence-corrected chi connectivity index (χ2v) is 8.91. The maximum absolute atomic E-state index is 11.6. The van der Waals surface area contributed by atoms with Crippen LogP contribution < -0.4 is 5.32 Å². The molecule has 0 aromatic heterocycles. The zero-order valence-electron chi connectivity index (χ0n) is 18.1. The van der Waals surface area contributed by atoms with Gasteiger partial charge in [0.2, 0.25) is 5.91 Å². The van der Waals surface area contributed by atoms with E-state index in [2.05, 4.69) is 54.7 Å². The van der Waals surface area contributed by atoms with E-state index < -0.39 is 0 Å². The zero-order valence-corrected chi connectivity index (χ0v) is 18.1. The minimum absolute atomic E-state index is 0.161. The van der Waals surface area contributed by atoms with Gasteiger partial charge in [-0.3, -0.25) is 4.79 Å². The van der Waals surface area contributed by atoms with Crippen LogP contribution in [-0.2, 0) is 11.2 Å². The molecule has 29 heavy (non-hydrogen) atoms. The molecule has 0 radical (unpaired) electrons. The molecule has 4 heteroatoms. The lowest BCUT2D eigenvalue weighted by molar-refractivity contribution is -0.128. The second-order valence-electron chi connectivity index (χ2n) is 8.91. The SMILES string of the molecule is Cc1cccc(CC/C=C/[C@@H]2[C@H]3CC(CNCCC(=O)N(C)C)=C[C@H]3C[C@H]2O)c1. The lowest BCUT2D eigenvalue weighted by Gasteiger charge is -2.18. The number of aliphatic hydroxyl groups is 1. The van der Waals surface area contributed by atoms with Gasteiger partial charge in [-0.25, -0.2) is 0 Å². The summed E-state index contributed by atoms with van der Waals surface area (Å²) in [6.07, 6.45) is 11.2. The maximum Gasteiger partial charge on any atom is 0.223 e. The third kappa shape index (κ3) is 6.03. The number of amides is 1.